The fourth-order valence-electron chi connectivity index (χ4n) is 6.22. The molecule has 0 unspecified atom stereocenters. The molecule has 1 nitrogen and oxygen atoms in total. The molecule has 0 aromatic heterocycles. The Balaban J connectivity index is 1.18. The number of halogens is 5. The fraction of sp³-hybridized carbons (Fsp3) is 0.333. The Labute approximate surface area is 262 Å². The average Bonchev–Trinajstić information content (AvgIpc) is 3.02. The summed E-state index contributed by atoms with van der Waals surface area (Å²) in [5, 5.41) is 0. The first-order valence-corrected chi connectivity index (χ1v) is 15.8. The lowest BCUT2D eigenvalue weighted by atomic mass is 9.82. The van der Waals surface area contributed by atoms with Crippen LogP contribution in [0.1, 0.15) is 80.5 Å². The van der Waals surface area contributed by atoms with Gasteiger partial charge in [-0.15, -0.1) is 0 Å². The van der Waals surface area contributed by atoms with E-state index in [2.05, 4.69) is 0 Å². The van der Waals surface area contributed by atoms with Gasteiger partial charge in [-0.1, -0.05) is 80.1 Å². The molecule has 0 radical (unpaired) electrons. The largest absolute Gasteiger partial charge is 0.386 e. The number of allylic oxidation sites excluding steroid dienone is 2. The van der Waals surface area contributed by atoms with Crippen molar-refractivity contribution in [2.75, 3.05) is 0 Å². The van der Waals surface area contributed by atoms with Gasteiger partial charge in [0.05, 0.1) is 11.7 Å². The Hall–Kier alpha value is -3.77. The second kappa shape index (κ2) is 14.6. The highest BCUT2D eigenvalue weighted by atomic mass is 19.3. The fourth-order valence-corrected chi connectivity index (χ4v) is 6.22. The second-order valence-corrected chi connectivity index (χ2v) is 11.9. The quantitative estimate of drug-likeness (QED) is 0.120. The smallest absolute Gasteiger partial charge is 0.313 e. The lowest BCUT2D eigenvalue weighted by Crippen LogP contribution is -2.30. The van der Waals surface area contributed by atoms with Crippen LogP contribution in [-0.2, 0) is 23.7 Å². The van der Waals surface area contributed by atoms with Gasteiger partial charge in [0.1, 0.15) is 17.5 Å². The summed E-state index contributed by atoms with van der Waals surface area (Å²) in [7, 11) is 0. The molecule has 0 N–H and O–H groups in total. The maximum Gasteiger partial charge on any atom is 0.386 e. The van der Waals surface area contributed by atoms with E-state index in [1.165, 1.54) is 24.3 Å². The van der Waals surface area contributed by atoms with Crippen LogP contribution < -0.4 is 0 Å². The van der Waals surface area contributed by atoms with Crippen LogP contribution in [0.15, 0.2) is 91.0 Å². The van der Waals surface area contributed by atoms with Gasteiger partial charge in [0.15, 0.2) is 0 Å². The molecule has 1 aliphatic rings. The molecule has 0 amide bonds. The molecule has 0 aliphatic heterocycles. The molecule has 236 valence electrons. The molecule has 45 heavy (non-hydrogen) atoms. The topological polar surface area (TPSA) is 9.23 Å². The highest BCUT2D eigenvalue weighted by Crippen LogP contribution is 2.40. The zero-order valence-electron chi connectivity index (χ0n) is 25.8. The lowest BCUT2D eigenvalue weighted by molar-refractivity contribution is -0.278. The number of alkyl halides is 2. The average molecular weight is 619 g/mol. The van der Waals surface area contributed by atoms with Crippen LogP contribution in [0.2, 0.25) is 0 Å². The normalized spacial score (nSPS) is 17.2. The third-order valence-corrected chi connectivity index (χ3v) is 8.74. The van der Waals surface area contributed by atoms with Crippen LogP contribution in [0.25, 0.3) is 22.3 Å². The van der Waals surface area contributed by atoms with Crippen molar-refractivity contribution in [2.24, 2.45) is 0 Å². The first-order valence-electron chi connectivity index (χ1n) is 15.8. The van der Waals surface area contributed by atoms with E-state index in [-0.39, 0.29) is 11.7 Å². The van der Waals surface area contributed by atoms with Crippen LogP contribution >= 0.6 is 0 Å². The van der Waals surface area contributed by atoms with Crippen molar-refractivity contribution >= 4 is 0 Å². The third kappa shape index (κ3) is 7.91. The van der Waals surface area contributed by atoms with Crippen LogP contribution in [0.4, 0.5) is 22.0 Å². The van der Waals surface area contributed by atoms with Crippen LogP contribution in [0.5, 0.6) is 0 Å². The van der Waals surface area contributed by atoms with Crippen molar-refractivity contribution in [3.63, 3.8) is 0 Å². The minimum Gasteiger partial charge on any atom is -0.313 e. The van der Waals surface area contributed by atoms with Crippen molar-refractivity contribution in [3.8, 4) is 22.3 Å². The zero-order valence-corrected chi connectivity index (χ0v) is 25.8. The van der Waals surface area contributed by atoms with Gasteiger partial charge in [-0.25, -0.2) is 13.2 Å². The molecular formula is C39H39F5O. The Bertz CT molecular complexity index is 1620. The van der Waals surface area contributed by atoms with E-state index in [0.717, 1.165) is 30.0 Å². The summed E-state index contributed by atoms with van der Waals surface area (Å²) < 4.78 is 79.3. The van der Waals surface area contributed by atoms with Crippen LogP contribution in [-0.4, -0.2) is 6.10 Å². The lowest BCUT2D eigenvalue weighted by Gasteiger charge is -2.31. The van der Waals surface area contributed by atoms with Gasteiger partial charge in [-0.2, -0.15) is 8.78 Å². The molecule has 0 atom stereocenters. The predicted octanol–water partition coefficient (Wildman–Crippen LogP) is 11.7. The monoisotopic (exact) mass is 618 g/mol. The van der Waals surface area contributed by atoms with Crippen LogP contribution in [0.3, 0.4) is 0 Å². The van der Waals surface area contributed by atoms with E-state index in [4.69, 9.17) is 4.74 Å². The summed E-state index contributed by atoms with van der Waals surface area (Å²) in [6.45, 7) is 3.89. The molecule has 4 aromatic rings. The van der Waals surface area contributed by atoms with Gasteiger partial charge in [0.2, 0.25) is 0 Å². The van der Waals surface area contributed by atoms with Crippen molar-refractivity contribution in [1.82, 2.24) is 0 Å². The highest BCUT2D eigenvalue weighted by molar-refractivity contribution is 5.71. The van der Waals surface area contributed by atoms with Crippen molar-refractivity contribution in [1.29, 1.82) is 0 Å². The first kappa shape index (κ1) is 32.6. The van der Waals surface area contributed by atoms with Gasteiger partial charge in [-0.05, 0) is 115 Å². The van der Waals surface area contributed by atoms with Crippen LogP contribution in [0, 0.1) is 17.5 Å². The maximum absolute atomic E-state index is 15.1. The second-order valence-electron chi connectivity index (χ2n) is 11.9. The summed E-state index contributed by atoms with van der Waals surface area (Å²) in [6.07, 6.45) is 4.49. The number of hydrogen-bond acceptors (Lipinski definition) is 1. The molecule has 0 heterocycles. The number of aryl methyl sites for hydroxylation is 2. The number of benzene rings is 4. The molecule has 1 aliphatic carbocycles. The Kier molecular flexibility index (Phi) is 10.5. The molecule has 1 fully saturated rings. The molecule has 0 spiro atoms. The van der Waals surface area contributed by atoms with Crippen molar-refractivity contribution < 1.29 is 26.7 Å². The van der Waals surface area contributed by atoms with Gasteiger partial charge >= 0.3 is 6.11 Å². The predicted molar refractivity (Wildman–Crippen MR) is 171 cm³/mol. The SMILES string of the molecule is CC=CCCc1ccc(C(F)(F)OC2CCC(c3ccc(-c4ccc(-c5ccc(CCC)c(F)c5)c(F)c4)cc3)CC2)c(F)c1. The Morgan fingerprint density at radius 3 is 2.07 bits per heavy atom. The summed E-state index contributed by atoms with van der Waals surface area (Å²) in [5.41, 5.74) is 4.07. The minimum absolute atomic E-state index is 0.186. The standard InChI is InChI=1S/C39H39F5O/c1-3-5-6-8-26-9-22-35(38(42)23-26)39(43,44)45-33-19-16-28(17-20-33)27-10-12-29(13-11-27)31-18-21-34(37(41)24-31)32-15-14-30(7-4-2)36(40)25-32/h3,5,9-15,18,21-25,28,33H,4,6-8,16-17,19-20H2,1-2H3. The van der Waals surface area contributed by atoms with Gasteiger partial charge in [0.25, 0.3) is 0 Å². The molecule has 0 saturated heterocycles. The third-order valence-electron chi connectivity index (χ3n) is 8.74. The minimum atomic E-state index is -3.71. The summed E-state index contributed by atoms with van der Waals surface area (Å²) in [4.78, 5) is 0. The Morgan fingerprint density at radius 2 is 1.42 bits per heavy atom. The van der Waals surface area contributed by atoms with E-state index in [1.54, 1.807) is 18.2 Å². The molecule has 4 aromatic carbocycles. The van der Waals surface area contributed by atoms with Gasteiger partial charge < -0.3 is 4.74 Å². The van der Waals surface area contributed by atoms with E-state index in [0.29, 0.717) is 66.3 Å². The first-order chi connectivity index (χ1) is 21.7. The van der Waals surface area contributed by atoms with E-state index < -0.39 is 29.4 Å². The highest BCUT2D eigenvalue weighted by Gasteiger charge is 2.40. The molecular weight excluding hydrogens is 579 g/mol. The zero-order chi connectivity index (χ0) is 32.0. The number of rotatable bonds is 11. The molecule has 1 saturated carbocycles. The summed E-state index contributed by atoms with van der Waals surface area (Å²) >= 11 is 0. The van der Waals surface area contributed by atoms with Crippen molar-refractivity contribution in [2.45, 2.75) is 83.3 Å². The van der Waals surface area contributed by atoms with E-state index >= 15 is 4.39 Å². The number of hydrogen-bond donors (Lipinski definition) is 0. The Morgan fingerprint density at radius 1 is 0.733 bits per heavy atom. The number of ether oxygens (including phenoxy) is 1. The summed E-state index contributed by atoms with van der Waals surface area (Å²) in [5.74, 6) is -1.51. The summed E-state index contributed by atoms with van der Waals surface area (Å²) in [6, 6.07) is 21.5. The maximum atomic E-state index is 15.1. The molecule has 6 heteroatoms. The van der Waals surface area contributed by atoms with Gasteiger partial charge in [0, 0.05) is 5.56 Å². The van der Waals surface area contributed by atoms with E-state index in [9.17, 15) is 17.6 Å². The van der Waals surface area contributed by atoms with E-state index in [1.807, 2.05) is 56.3 Å². The van der Waals surface area contributed by atoms with Crippen molar-refractivity contribution in [3.05, 3.63) is 131 Å². The van der Waals surface area contributed by atoms with Gasteiger partial charge in [-0.3, -0.25) is 0 Å². The molecule has 0 bridgehead atoms. The molecule has 5 rings (SSSR count).